The Hall–Kier alpha value is -1.63. The summed E-state index contributed by atoms with van der Waals surface area (Å²) in [5.74, 6) is 0.0700. The number of carbonyl (C=O) groups excluding carboxylic acids is 1. The summed E-state index contributed by atoms with van der Waals surface area (Å²) in [6.45, 7) is 4.34. The molecule has 18 heavy (non-hydrogen) atoms. The zero-order chi connectivity index (χ0) is 13.2. The fraction of sp³-hybridized carbons (Fsp3) is 0.727. The number of nitrogens with two attached hydrogens (primary N) is 1. The van der Waals surface area contributed by atoms with Gasteiger partial charge in [-0.1, -0.05) is 13.3 Å². The number of nitrogens with one attached hydrogen (secondary N) is 1. The quantitative estimate of drug-likeness (QED) is 0.614. The molecule has 0 fully saturated rings. The van der Waals surface area contributed by atoms with Crippen molar-refractivity contribution in [1.82, 2.24) is 20.1 Å². The van der Waals surface area contributed by atoms with Gasteiger partial charge in [0.05, 0.1) is 0 Å². The van der Waals surface area contributed by atoms with Crippen LogP contribution in [-0.4, -0.2) is 40.4 Å². The van der Waals surface area contributed by atoms with Crippen molar-refractivity contribution in [2.24, 2.45) is 0 Å². The van der Waals surface area contributed by atoms with Crippen LogP contribution in [0.1, 0.15) is 26.2 Å². The number of nitrogens with zero attached hydrogens (tertiary/aromatic N) is 3. The second-order valence-corrected chi connectivity index (χ2v) is 3.97. The summed E-state index contributed by atoms with van der Waals surface area (Å²) in [4.78, 5) is 15.2. The van der Waals surface area contributed by atoms with E-state index in [1.807, 2.05) is 0 Å². The van der Waals surface area contributed by atoms with E-state index in [1.54, 1.807) is 0 Å². The highest BCUT2D eigenvalue weighted by molar-refractivity contribution is 5.75. The number of rotatable bonds is 9. The lowest BCUT2D eigenvalue weighted by atomic mass is 10.3. The van der Waals surface area contributed by atoms with Gasteiger partial charge in [-0.15, -0.1) is 5.10 Å². The smallest absolute Gasteiger partial charge is 0.241 e. The molecule has 1 aromatic rings. The van der Waals surface area contributed by atoms with E-state index in [0.717, 1.165) is 25.9 Å². The van der Waals surface area contributed by atoms with Gasteiger partial charge in [-0.3, -0.25) is 4.79 Å². The van der Waals surface area contributed by atoms with E-state index in [2.05, 4.69) is 22.3 Å². The topological polar surface area (TPSA) is 95.1 Å². The highest BCUT2D eigenvalue weighted by Crippen LogP contribution is 1.90. The van der Waals surface area contributed by atoms with Gasteiger partial charge in [0.25, 0.3) is 0 Å². The highest BCUT2D eigenvalue weighted by atomic mass is 16.5. The second-order valence-electron chi connectivity index (χ2n) is 3.97. The van der Waals surface area contributed by atoms with Crippen molar-refractivity contribution < 1.29 is 9.53 Å². The molecule has 0 unspecified atom stereocenters. The molecule has 1 heterocycles. The van der Waals surface area contributed by atoms with Crippen molar-refractivity contribution in [3.63, 3.8) is 0 Å². The summed E-state index contributed by atoms with van der Waals surface area (Å²) in [5, 5.41) is 6.61. The lowest BCUT2D eigenvalue weighted by Crippen LogP contribution is -2.29. The standard InChI is InChI=1S/C11H21N5O2/c1-2-3-6-18-7-4-5-13-10(17)8-16-9-14-11(12)15-16/h9H,2-8H2,1H3,(H2,12,15)(H,13,17). The maximum Gasteiger partial charge on any atom is 0.241 e. The Labute approximate surface area is 107 Å². The van der Waals surface area contributed by atoms with Gasteiger partial charge in [0.2, 0.25) is 11.9 Å². The van der Waals surface area contributed by atoms with Gasteiger partial charge in [0, 0.05) is 19.8 Å². The van der Waals surface area contributed by atoms with Crippen LogP contribution in [0.25, 0.3) is 0 Å². The van der Waals surface area contributed by atoms with Crippen molar-refractivity contribution in [1.29, 1.82) is 0 Å². The number of unbranched alkanes of at least 4 members (excludes halogenated alkanes) is 1. The normalized spacial score (nSPS) is 10.5. The maximum atomic E-state index is 11.5. The van der Waals surface area contributed by atoms with Gasteiger partial charge in [-0.2, -0.15) is 0 Å². The number of hydrogen-bond donors (Lipinski definition) is 2. The molecule has 7 heteroatoms. The molecule has 1 aromatic heterocycles. The van der Waals surface area contributed by atoms with Crippen molar-refractivity contribution >= 4 is 11.9 Å². The molecule has 0 aliphatic rings. The number of carbonyl (C=O) groups is 1. The van der Waals surface area contributed by atoms with Gasteiger partial charge in [0.15, 0.2) is 0 Å². The van der Waals surface area contributed by atoms with Crippen molar-refractivity contribution in [2.45, 2.75) is 32.7 Å². The molecule has 0 saturated carbocycles. The Morgan fingerprint density at radius 1 is 1.50 bits per heavy atom. The number of aromatic nitrogens is 3. The van der Waals surface area contributed by atoms with E-state index in [4.69, 9.17) is 10.5 Å². The molecule has 0 radical (unpaired) electrons. The van der Waals surface area contributed by atoms with Gasteiger partial charge in [-0.05, 0) is 12.8 Å². The molecule has 3 N–H and O–H groups in total. The maximum absolute atomic E-state index is 11.5. The van der Waals surface area contributed by atoms with Gasteiger partial charge >= 0.3 is 0 Å². The lowest BCUT2D eigenvalue weighted by molar-refractivity contribution is -0.121. The molecule has 0 aromatic carbocycles. The Kier molecular flexibility index (Phi) is 6.78. The van der Waals surface area contributed by atoms with Crippen LogP contribution >= 0.6 is 0 Å². The summed E-state index contributed by atoms with van der Waals surface area (Å²) in [5.41, 5.74) is 5.34. The van der Waals surface area contributed by atoms with Crippen LogP contribution < -0.4 is 11.1 Å². The van der Waals surface area contributed by atoms with E-state index >= 15 is 0 Å². The first-order chi connectivity index (χ1) is 8.72. The molecule has 0 saturated heterocycles. The summed E-state index contributed by atoms with van der Waals surface area (Å²) >= 11 is 0. The van der Waals surface area contributed by atoms with Crippen LogP contribution in [-0.2, 0) is 16.1 Å². The number of amides is 1. The molecule has 102 valence electrons. The summed E-state index contributed by atoms with van der Waals surface area (Å²) in [6, 6.07) is 0. The Morgan fingerprint density at radius 3 is 2.94 bits per heavy atom. The third kappa shape index (κ3) is 6.19. The SMILES string of the molecule is CCCCOCCCNC(=O)Cn1cnc(N)n1. The Balaban J connectivity index is 2.00. The molecule has 7 nitrogen and oxygen atoms in total. The Bertz CT molecular complexity index is 353. The lowest BCUT2D eigenvalue weighted by Gasteiger charge is -2.05. The average molecular weight is 255 g/mol. The van der Waals surface area contributed by atoms with E-state index < -0.39 is 0 Å². The van der Waals surface area contributed by atoms with Crippen molar-refractivity contribution in [3.8, 4) is 0 Å². The number of anilines is 1. The van der Waals surface area contributed by atoms with E-state index in [0.29, 0.717) is 13.2 Å². The Morgan fingerprint density at radius 2 is 2.28 bits per heavy atom. The minimum atomic E-state index is -0.103. The molecular formula is C11H21N5O2. The first kappa shape index (κ1) is 14.4. The van der Waals surface area contributed by atoms with Crippen LogP contribution in [0.4, 0.5) is 5.95 Å². The minimum absolute atomic E-state index is 0.103. The number of nitrogen functional groups attached to an aromatic ring is 1. The molecule has 1 rings (SSSR count). The van der Waals surface area contributed by atoms with Gasteiger partial charge in [0.1, 0.15) is 12.9 Å². The van der Waals surface area contributed by atoms with Crippen LogP contribution in [0.5, 0.6) is 0 Å². The summed E-state index contributed by atoms with van der Waals surface area (Å²) < 4.78 is 6.79. The fourth-order valence-electron chi connectivity index (χ4n) is 1.34. The van der Waals surface area contributed by atoms with E-state index in [9.17, 15) is 4.79 Å². The van der Waals surface area contributed by atoms with Crippen LogP contribution in [0.2, 0.25) is 0 Å². The van der Waals surface area contributed by atoms with Crippen LogP contribution in [0, 0.1) is 0 Å². The number of hydrogen-bond acceptors (Lipinski definition) is 5. The highest BCUT2D eigenvalue weighted by Gasteiger charge is 2.03. The second kappa shape index (κ2) is 8.46. The van der Waals surface area contributed by atoms with Crippen molar-refractivity contribution in [2.75, 3.05) is 25.5 Å². The average Bonchev–Trinajstić information content (AvgIpc) is 2.73. The molecule has 0 spiro atoms. The monoisotopic (exact) mass is 255 g/mol. The summed E-state index contributed by atoms with van der Waals surface area (Å²) in [7, 11) is 0. The third-order valence-corrected chi connectivity index (χ3v) is 2.29. The molecule has 0 aliphatic carbocycles. The van der Waals surface area contributed by atoms with Crippen LogP contribution in [0.15, 0.2) is 6.33 Å². The third-order valence-electron chi connectivity index (χ3n) is 2.29. The predicted octanol–water partition coefficient (Wildman–Crippen LogP) is 0.183. The summed E-state index contributed by atoms with van der Waals surface area (Å²) in [6.07, 6.45) is 4.47. The van der Waals surface area contributed by atoms with Crippen molar-refractivity contribution in [3.05, 3.63) is 6.33 Å². The van der Waals surface area contributed by atoms with Gasteiger partial charge in [-0.25, -0.2) is 9.67 Å². The molecule has 1 amide bonds. The first-order valence-electron chi connectivity index (χ1n) is 6.21. The largest absolute Gasteiger partial charge is 0.381 e. The molecule has 0 atom stereocenters. The minimum Gasteiger partial charge on any atom is -0.381 e. The molecular weight excluding hydrogens is 234 g/mol. The van der Waals surface area contributed by atoms with E-state index in [1.165, 1.54) is 11.0 Å². The number of ether oxygens (including phenoxy) is 1. The molecule has 0 bridgehead atoms. The zero-order valence-corrected chi connectivity index (χ0v) is 10.8. The predicted molar refractivity (Wildman–Crippen MR) is 67.8 cm³/mol. The first-order valence-corrected chi connectivity index (χ1v) is 6.21. The van der Waals surface area contributed by atoms with Gasteiger partial charge < -0.3 is 15.8 Å². The van der Waals surface area contributed by atoms with E-state index in [-0.39, 0.29) is 18.4 Å². The molecule has 0 aliphatic heterocycles. The zero-order valence-electron chi connectivity index (χ0n) is 10.8. The fourth-order valence-corrected chi connectivity index (χ4v) is 1.34. The van der Waals surface area contributed by atoms with Crippen LogP contribution in [0.3, 0.4) is 0 Å².